The lowest BCUT2D eigenvalue weighted by atomic mass is 9.96. The molecule has 0 fully saturated rings. The van der Waals surface area contributed by atoms with E-state index in [1.165, 1.54) is 50.1 Å². The van der Waals surface area contributed by atoms with Gasteiger partial charge in [0.25, 0.3) is 0 Å². The first-order chi connectivity index (χ1) is 19.6. The quantitative estimate of drug-likeness (QED) is 0.178. The second-order valence-electron chi connectivity index (χ2n) is 9.60. The Labute approximate surface area is 260 Å². The number of thiophene rings is 4. The van der Waals surface area contributed by atoms with E-state index >= 15 is 0 Å². The van der Waals surface area contributed by atoms with Crippen molar-refractivity contribution in [2.75, 3.05) is 0 Å². The minimum Gasteiger partial charge on any atom is -0.140 e. The van der Waals surface area contributed by atoms with Gasteiger partial charge in [0, 0.05) is 49.1 Å². The van der Waals surface area contributed by atoms with E-state index in [1.54, 1.807) is 0 Å². The molecule has 1 aliphatic heterocycles. The molecule has 0 saturated carbocycles. The molecule has 6 aromatic rings. The van der Waals surface area contributed by atoms with Crippen molar-refractivity contribution in [2.24, 2.45) is 0 Å². The summed E-state index contributed by atoms with van der Waals surface area (Å²) in [5, 5.41) is 1.53. The van der Waals surface area contributed by atoms with Crippen molar-refractivity contribution in [3.05, 3.63) is 157 Å². The molecule has 196 valence electrons. The van der Waals surface area contributed by atoms with Crippen LogP contribution in [-0.4, -0.2) is 0 Å². The molecule has 0 atom stereocenters. The molecular formula is C34H22Cl2S4. The molecule has 40 heavy (non-hydrogen) atoms. The molecule has 0 nitrogen and oxygen atoms in total. The predicted octanol–water partition coefficient (Wildman–Crippen LogP) is 12.3. The van der Waals surface area contributed by atoms with Crippen LogP contribution in [-0.2, 0) is 0 Å². The Kier molecular flexibility index (Phi) is 7.40. The lowest BCUT2D eigenvalue weighted by Gasteiger charge is -2.15. The minimum atomic E-state index is 0.150. The normalized spacial score (nSPS) is 18.1. The molecule has 0 saturated heterocycles. The number of hydrogen-bond acceptors (Lipinski definition) is 4. The van der Waals surface area contributed by atoms with Crippen LogP contribution >= 0.6 is 68.5 Å². The van der Waals surface area contributed by atoms with Gasteiger partial charge in [-0.15, -0.1) is 45.3 Å². The summed E-state index contributed by atoms with van der Waals surface area (Å²) in [6.07, 6.45) is 8.95. The Bertz CT molecular complexity index is 1640. The van der Waals surface area contributed by atoms with Gasteiger partial charge in [-0.2, -0.15) is 0 Å². The molecule has 0 unspecified atom stereocenters. The van der Waals surface area contributed by atoms with Crippen molar-refractivity contribution in [2.45, 2.75) is 11.8 Å². The van der Waals surface area contributed by atoms with Gasteiger partial charge < -0.3 is 0 Å². The van der Waals surface area contributed by atoms with Gasteiger partial charge in [-0.3, -0.25) is 0 Å². The van der Waals surface area contributed by atoms with Crippen LogP contribution in [0.1, 0.15) is 62.0 Å². The maximum Gasteiger partial charge on any atom is 0.0528 e. The van der Waals surface area contributed by atoms with Crippen molar-refractivity contribution in [1.82, 2.24) is 0 Å². The molecule has 0 N–H and O–H groups in total. The van der Waals surface area contributed by atoms with E-state index in [9.17, 15) is 0 Å². The van der Waals surface area contributed by atoms with Gasteiger partial charge in [0.2, 0.25) is 0 Å². The van der Waals surface area contributed by atoms with Crippen molar-refractivity contribution < 1.29 is 0 Å². The van der Waals surface area contributed by atoms with Gasteiger partial charge in [0.05, 0.1) is 11.8 Å². The molecule has 6 heteroatoms. The summed E-state index contributed by atoms with van der Waals surface area (Å²) in [5.74, 6) is 0.300. The lowest BCUT2D eigenvalue weighted by molar-refractivity contribution is 1.04. The summed E-state index contributed by atoms with van der Waals surface area (Å²) in [6.45, 7) is 0. The molecule has 0 spiro atoms. The number of halogens is 2. The Hall–Kier alpha value is -2.70. The summed E-state index contributed by atoms with van der Waals surface area (Å²) in [5.41, 5.74) is 2.43. The highest BCUT2D eigenvalue weighted by Gasteiger charge is 2.22. The van der Waals surface area contributed by atoms with Gasteiger partial charge in [0.1, 0.15) is 0 Å². The number of fused-ring (bicyclic) bond motifs is 8. The minimum absolute atomic E-state index is 0.150. The Morgan fingerprint density at radius 3 is 1.02 bits per heavy atom. The standard InChI is InChI=1S/C34H22Cl2S4/c35-23-5-1-3-21(19-23)33-29-15-11-25(37-29)7-9-27-13-17-31(39-27)34(22-4-2-6-24(36)20-22)32-18-14-28(40-32)10-8-26-12-16-30(33)38-26/h1-20,33-34H/b9-7-,10-8-. The SMILES string of the molecule is Clc1cccc(C2c3ccc(s3)/C=C\c3ccc(s3)C(c3cccc(Cl)c3)c3ccc(s3)/C=C\c3ccc2s3)c1. The smallest absolute Gasteiger partial charge is 0.0528 e. The van der Waals surface area contributed by atoms with Gasteiger partial charge >= 0.3 is 0 Å². The second kappa shape index (κ2) is 11.3. The molecule has 1 aliphatic rings. The van der Waals surface area contributed by atoms with E-state index in [-0.39, 0.29) is 11.8 Å². The summed E-state index contributed by atoms with van der Waals surface area (Å²) >= 11 is 20.3. The molecule has 8 bridgehead atoms. The highest BCUT2D eigenvalue weighted by atomic mass is 35.5. The summed E-state index contributed by atoms with van der Waals surface area (Å²) < 4.78 is 0. The molecule has 5 heterocycles. The summed E-state index contributed by atoms with van der Waals surface area (Å²) in [4.78, 5) is 10.2. The zero-order valence-electron chi connectivity index (χ0n) is 21.1. The highest BCUT2D eigenvalue weighted by molar-refractivity contribution is 7.15. The van der Waals surface area contributed by atoms with E-state index in [1.807, 2.05) is 69.6 Å². The predicted molar refractivity (Wildman–Crippen MR) is 180 cm³/mol. The van der Waals surface area contributed by atoms with Crippen LogP contribution in [0.25, 0.3) is 24.3 Å². The van der Waals surface area contributed by atoms with Crippen LogP contribution in [0.2, 0.25) is 10.0 Å². The summed E-state index contributed by atoms with van der Waals surface area (Å²) in [6, 6.07) is 34.5. The van der Waals surface area contributed by atoms with Crippen LogP contribution in [0.4, 0.5) is 0 Å². The third kappa shape index (κ3) is 5.45. The monoisotopic (exact) mass is 628 g/mol. The summed E-state index contributed by atoms with van der Waals surface area (Å²) in [7, 11) is 0. The zero-order valence-corrected chi connectivity index (χ0v) is 25.9. The van der Waals surface area contributed by atoms with E-state index in [4.69, 9.17) is 23.2 Å². The Balaban J connectivity index is 1.36. The Morgan fingerprint density at radius 2 is 0.725 bits per heavy atom. The maximum atomic E-state index is 6.44. The third-order valence-electron chi connectivity index (χ3n) is 6.92. The number of hydrogen-bond donors (Lipinski definition) is 0. The van der Waals surface area contributed by atoms with Gasteiger partial charge in [-0.25, -0.2) is 0 Å². The fraction of sp³-hybridized carbons (Fsp3) is 0.0588. The number of rotatable bonds is 2. The van der Waals surface area contributed by atoms with Crippen LogP contribution in [0.3, 0.4) is 0 Å². The van der Waals surface area contributed by atoms with Gasteiger partial charge in [-0.1, -0.05) is 47.5 Å². The van der Waals surface area contributed by atoms with E-state index in [0.717, 1.165) is 10.0 Å². The van der Waals surface area contributed by atoms with E-state index in [0.29, 0.717) is 0 Å². The third-order valence-corrected chi connectivity index (χ3v) is 11.8. The van der Waals surface area contributed by atoms with E-state index < -0.39 is 0 Å². The molecule has 0 aliphatic carbocycles. The van der Waals surface area contributed by atoms with Crippen LogP contribution < -0.4 is 0 Å². The second-order valence-corrected chi connectivity index (χ2v) is 15.1. The lowest BCUT2D eigenvalue weighted by Crippen LogP contribution is -1.98. The molecule has 7 rings (SSSR count). The highest BCUT2D eigenvalue weighted by Crippen LogP contribution is 2.43. The maximum absolute atomic E-state index is 6.44. The largest absolute Gasteiger partial charge is 0.140 e. The molecule has 4 aromatic heterocycles. The molecular weight excluding hydrogens is 608 g/mol. The number of benzene rings is 2. The van der Waals surface area contributed by atoms with E-state index in [2.05, 4.69) is 97.1 Å². The van der Waals surface area contributed by atoms with Crippen molar-refractivity contribution >= 4 is 92.9 Å². The van der Waals surface area contributed by atoms with Crippen LogP contribution in [0.15, 0.2) is 97.1 Å². The first-order valence-electron chi connectivity index (χ1n) is 12.8. The zero-order chi connectivity index (χ0) is 27.1. The first kappa shape index (κ1) is 26.2. The average Bonchev–Trinajstić information content (AvgIpc) is 3.75. The average molecular weight is 630 g/mol. The fourth-order valence-electron chi connectivity index (χ4n) is 5.09. The topological polar surface area (TPSA) is 0 Å². The molecule has 0 amide bonds. The van der Waals surface area contributed by atoms with Crippen LogP contribution in [0, 0.1) is 0 Å². The van der Waals surface area contributed by atoms with Crippen LogP contribution in [0.5, 0.6) is 0 Å². The van der Waals surface area contributed by atoms with Crippen molar-refractivity contribution in [1.29, 1.82) is 0 Å². The van der Waals surface area contributed by atoms with Gasteiger partial charge in [0.15, 0.2) is 0 Å². The van der Waals surface area contributed by atoms with Gasteiger partial charge in [-0.05, 0) is 108 Å². The Morgan fingerprint density at radius 1 is 0.400 bits per heavy atom. The van der Waals surface area contributed by atoms with Crippen molar-refractivity contribution in [3.8, 4) is 0 Å². The first-order valence-corrected chi connectivity index (χ1v) is 16.9. The van der Waals surface area contributed by atoms with Crippen molar-refractivity contribution in [3.63, 3.8) is 0 Å². The molecule has 2 aromatic carbocycles. The fourth-order valence-corrected chi connectivity index (χ4v) is 9.88. The molecule has 0 radical (unpaired) electrons.